The molecule has 4 nitrogen and oxygen atoms in total. The lowest BCUT2D eigenvalue weighted by molar-refractivity contribution is 0.0658. The Morgan fingerprint density at radius 1 is 1.42 bits per heavy atom. The lowest BCUT2D eigenvalue weighted by atomic mass is 9.84. The number of carbonyl (C=O) groups is 1. The van der Waals surface area contributed by atoms with Gasteiger partial charge >= 0.3 is 5.97 Å². The fraction of sp³-hybridized carbons (Fsp3) is 0.667. The second kappa shape index (κ2) is 6.24. The summed E-state index contributed by atoms with van der Waals surface area (Å²) in [5.41, 5.74) is 0.771. The molecule has 0 amide bonds. The Morgan fingerprint density at radius 3 is 2.68 bits per heavy atom. The van der Waals surface area contributed by atoms with Crippen LogP contribution >= 0.6 is 0 Å². The molecule has 4 heteroatoms. The van der Waals surface area contributed by atoms with Gasteiger partial charge in [0.15, 0.2) is 0 Å². The first kappa shape index (κ1) is 14.1. The number of hydrogen-bond acceptors (Lipinski definition) is 3. The van der Waals surface area contributed by atoms with Crippen LogP contribution in [0.1, 0.15) is 55.1 Å². The summed E-state index contributed by atoms with van der Waals surface area (Å²) in [5, 5.41) is 9.03. The molecule has 0 bridgehead atoms. The van der Waals surface area contributed by atoms with E-state index in [4.69, 9.17) is 9.52 Å². The standard InChI is InChI=1S/C15H23NO3/c1-3-11-4-6-13(7-5-11)16(2)10-12-8-9-19-14(12)15(17)18/h8-9,11,13H,3-7,10H2,1-2H3,(H,17,18). The van der Waals surface area contributed by atoms with Crippen molar-refractivity contribution in [2.24, 2.45) is 5.92 Å². The van der Waals surface area contributed by atoms with Gasteiger partial charge in [-0.15, -0.1) is 0 Å². The number of hydrogen-bond donors (Lipinski definition) is 1. The third kappa shape index (κ3) is 3.38. The maximum atomic E-state index is 11.0. The van der Waals surface area contributed by atoms with Crippen molar-refractivity contribution in [3.05, 3.63) is 23.7 Å². The Kier molecular flexibility index (Phi) is 4.64. The minimum Gasteiger partial charge on any atom is -0.475 e. The summed E-state index contributed by atoms with van der Waals surface area (Å²) < 4.78 is 5.02. The second-order valence-electron chi connectivity index (χ2n) is 5.58. The van der Waals surface area contributed by atoms with Crippen LogP contribution in [0.3, 0.4) is 0 Å². The average Bonchev–Trinajstić information content (AvgIpc) is 2.87. The third-order valence-corrected chi connectivity index (χ3v) is 4.38. The minimum absolute atomic E-state index is 0.0779. The maximum absolute atomic E-state index is 11.0. The molecule has 0 atom stereocenters. The van der Waals surface area contributed by atoms with Gasteiger partial charge in [0.1, 0.15) is 0 Å². The van der Waals surface area contributed by atoms with Crippen molar-refractivity contribution >= 4 is 5.97 Å². The molecule has 0 aromatic carbocycles. The summed E-state index contributed by atoms with van der Waals surface area (Å²) in [5.74, 6) is -0.0228. The molecule has 1 aliphatic rings. The maximum Gasteiger partial charge on any atom is 0.372 e. The molecule has 1 aromatic rings. The van der Waals surface area contributed by atoms with Crippen molar-refractivity contribution in [1.82, 2.24) is 4.90 Å². The lowest BCUT2D eigenvalue weighted by Gasteiger charge is -2.34. The molecule has 0 radical (unpaired) electrons. The quantitative estimate of drug-likeness (QED) is 0.886. The van der Waals surface area contributed by atoms with Gasteiger partial charge in [-0.2, -0.15) is 0 Å². The first-order valence-electron chi connectivity index (χ1n) is 7.11. The summed E-state index contributed by atoms with van der Waals surface area (Å²) in [6, 6.07) is 2.33. The van der Waals surface area contributed by atoms with E-state index in [1.807, 2.05) is 0 Å². The second-order valence-corrected chi connectivity index (χ2v) is 5.58. The zero-order valence-corrected chi connectivity index (χ0v) is 11.8. The molecule has 1 aromatic heterocycles. The van der Waals surface area contributed by atoms with Gasteiger partial charge < -0.3 is 9.52 Å². The largest absolute Gasteiger partial charge is 0.475 e. The van der Waals surface area contributed by atoms with Crippen molar-refractivity contribution in [3.8, 4) is 0 Å². The van der Waals surface area contributed by atoms with Crippen molar-refractivity contribution in [1.29, 1.82) is 0 Å². The van der Waals surface area contributed by atoms with E-state index in [2.05, 4.69) is 18.9 Å². The molecule has 0 unspecified atom stereocenters. The first-order valence-corrected chi connectivity index (χ1v) is 7.11. The fourth-order valence-electron chi connectivity index (χ4n) is 3.04. The van der Waals surface area contributed by atoms with Gasteiger partial charge in [-0.3, -0.25) is 4.90 Å². The highest BCUT2D eigenvalue weighted by atomic mass is 16.4. The Balaban J connectivity index is 1.92. The van der Waals surface area contributed by atoms with Gasteiger partial charge in [0.05, 0.1) is 6.26 Å². The highest BCUT2D eigenvalue weighted by Crippen LogP contribution is 2.29. The predicted octanol–water partition coefficient (Wildman–Crippen LogP) is 3.38. The number of carboxylic acids is 1. The third-order valence-electron chi connectivity index (χ3n) is 4.38. The molecule has 2 rings (SSSR count). The van der Waals surface area contributed by atoms with E-state index in [0.717, 1.165) is 11.5 Å². The van der Waals surface area contributed by atoms with E-state index < -0.39 is 5.97 Å². The molecule has 1 saturated carbocycles. The van der Waals surface area contributed by atoms with E-state index in [1.165, 1.54) is 38.4 Å². The van der Waals surface area contributed by atoms with Gasteiger partial charge in [-0.05, 0) is 44.7 Å². The average molecular weight is 265 g/mol. The van der Waals surface area contributed by atoms with Crippen LogP contribution in [0, 0.1) is 5.92 Å². The number of furan rings is 1. The van der Waals surface area contributed by atoms with Crippen molar-refractivity contribution < 1.29 is 14.3 Å². The van der Waals surface area contributed by atoms with Crippen LogP contribution in [0.4, 0.5) is 0 Å². The molecule has 1 heterocycles. The Labute approximate surface area is 114 Å². The van der Waals surface area contributed by atoms with Crippen molar-refractivity contribution in [2.75, 3.05) is 7.05 Å². The summed E-state index contributed by atoms with van der Waals surface area (Å²) in [6.07, 6.45) is 7.76. The van der Waals surface area contributed by atoms with Gasteiger partial charge in [-0.25, -0.2) is 4.79 Å². The van der Waals surface area contributed by atoms with Gasteiger partial charge in [0, 0.05) is 18.2 Å². The van der Waals surface area contributed by atoms with Crippen LogP contribution in [0.2, 0.25) is 0 Å². The monoisotopic (exact) mass is 265 g/mol. The van der Waals surface area contributed by atoms with Crippen LogP contribution in [0.15, 0.2) is 16.7 Å². The Hall–Kier alpha value is -1.29. The number of aromatic carboxylic acids is 1. The molecule has 19 heavy (non-hydrogen) atoms. The van der Waals surface area contributed by atoms with Gasteiger partial charge in [0.25, 0.3) is 0 Å². The molecule has 0 saturated heterocycles. The highest BCUT2D eigenvalue weighted by molar-refractivity contribution is 5.86. The fourth-order valence-corrected chi connectivity index (χ4v) is 3.04. The van der Waals surface area contributed by atoms with Crippen molar-refractivity contribution in [2.45, 2.75) is 51.6 Å². The highest BCUT2D eigenvalue weighted by Gasteiger charge is 2.24. The molecular weight excluding hydrogens is 242 g/mol. The van der Waals surface area contributed by atoms with Gasteiger partial charge in [-0.1, -0.05) is 13.3 Å². The molecule has 1 aliphatic carbocycles. The lowest BCUT2D eigenvalue weighted by Crippen LogP contribution is -2.34. The number of nitrogens with zero attached hydrogens (tertiary/aromatic N) is 1. The Morgan fingerprint density at radius 2 is 2.11 bits per heavy atom. The summed E-state index contributed by atoms with van der Waals surface area (Å²) in [4.78, 5) is 13.3. The normalized spacial score (nSPS) is 23.7. The zero-order valence-electron chi connectivity index (χ0n) is 11.8. The molecule has 0 aliphatic heterocycles. The van der Waals surface area contributed by atoms with E-state index in [-0.39, 0.29) is 5.76 Å². The van der Waals surface area contributed by atoms with Crippen LogP contribution in [0.25, 0.3) is 0 Å². The predicted molar refractivity (Wildman–Crippen MR) is 73.2 cm³/mol. The van der Waals surface area contributed by atoms with E-state index >= 15 is 0 Å². The van der Waals surface area contributed by atoms with Crippen LogP contribution in [-0.4, -0.2) is 29.1 Å². The van der Waals surface area contributed by atoms with Crippen LogP contribution < -0.4 is 0 Å². The zero-order chi connectivity index (χ0) is 13.8. The van der Waals surface area contributed by atoms with Crippen LogP contribution in [-0.2, 0) is 6.54 Å². The SMILES string of the molecule is CCC1CCC(N(C)Cc2ccoc2C(=O)O)CC1. The van der Waals surface area contributed by atoms with Crippen molar-refractivity contribution in [3.63, 3.8) is 0 Å². The number of rotatable bonds is 5. The smallest absolute Gasteiger partial charge is 0.372 e. The van der Waals surface area contributed by atoms with E-state index in [1.54, 1.807) is 6.07 Å². The topological polar surface area (TPSA) is 53.7 Å². The molecule has 1 fully saturated rings. The van der Waals surface area contributed by atoms with E-state index in [9.17, 15) is 4.79 Å². The Bertz CT molecular complexity index is 419. The summed E-state index contributed by atoms with van der Waals surface area (Å²) in [7, 11) is 2.08. The van der Waals surface area contributed by atoms with Crippen LogP contribution in [0.5, 0.6) is 0 Å². The molecule has 106 valence electrons. The first-order chi connectivity index (χ1) is 9.11. The summed E-state index contributed by atoms with van der Waals surface area (Å²) >= 11 is 0. The van der Waals surface area contributed by atoms with Gasteiger partial charge in [0.2, 0.25) is 5.76 Å². The summed E-state index contributed by atoms with van der Waals surface area (Å²) in [6.45, 7) is 2.92. The number of carboxylic acid groups (broad SMARTS) is 1. The molecule has 0 spiro atoms. The minimum atomic E-state index is -0.983. The molecule has 1 N–H and O–H groups in total. The van der Waals surface area contributed by atoms with E-state index in [0.29, 0.717) is 12.6 Å². The molecular formula is C15H23NO3.